The molecule has 2 nitrogen and oxygen atoms in total. The Morgan fingerprint density at radius 3 is 2.43 bits per heavy atom. The lowest BCUT2D eigenvalue weighted by atomic mass is 9.76. The van der Waals surface area contributed by atoms with Crippen LogP contribution in [0.15, 0.2) is 28.7 Å². The van der Waals surface area contributed by atoms with E-state index in [9.17, 15) is 0 Å². The molecule has 1 aliphatic rings. The first-order valence-corrected chi connectivity index (χ1v) is 8.84. The van der Waals surface area contributed by atoms with E-state index in [2.05, 4.69) is 40.2 Å². The van der Waals surface area contributed by atoms with Crippen molar-refractivity contribution in [1.82, 2.24) is 0 Å². The van der Waals surface area contributed by atoms with E-state index in [1.54, 1.807) is 0 Å². The average molecular weight is 414 g/mol. The number of rotatable bonds is 3. The van der Waals surface area contributed by atoms with Gasteiger partial charge < -0.3 is 4.74 Å². The van der Waals surface area contributed by atoms with Gasteiger partial charge in [0.05, 0.1) is 6.61 Å². The van der Waals surface area contributed by atoms with Crippen LogP contribution in [0.5, 0.6) is 0 Å². The van der Waals surface area contributed by atoms with Crippen LogP contribution < -0.4 is 0 Å². The SMILES string of the molecule is N=C(OCC1CCCCC1c1ccc(Br)cc1)C(Cl)(Cl)Cl. The molecule has 116 valence electrons. The van der Waals surface area contributed by atoms with Crippen molar-refractivity contribution >= 4 is 56.6 Å². The van der Waals surface area contributed by atoms with E-state index in [4.69, 9.17) is 44.9 Å². The summed E-state index contributed by atoms with van der Waals surface area (Å²) >= 11 is 20.4. The summed E-state index contributed by atoms with van der Waals surface area (Å²) in [5.41, 5.74) is 1.31. The molecule has 2 unspecified atom stereocenters. The summed E-state index contributed by atoms with van der Waals surface area (Å²) in [7, 11) is 0. The molecule has 1 aromatic rings. The topological polar surface area (TPSA) is 33.1 Å². The summed E-state index contributed by atoms with van der Waals surface area (Å²) in [5.74, 6) is 0.496. The van der Waals surface area contributed by atoms with Gasteiger partial charge in [-0.15, -0.1) is 0 Å². The van der Waals surface area contributed by atoms with Crippen molar-refractivity contribution in [2.45, 2.75) is 35.4 Å². The number of halogens is 4. The highest BCUT2D eigenvalue weighted by Gasteiger charge is 2.32. The molecule has 1 saturated carbocycles. The minimum atomic E-state index is -1.78. The summed E-state index contributed by atoms with van der Waals surface area (Å²) in [6.07, 6.45) is 4.62. The molecular weight excluding hydrogens is 396 g/mol. The first-order valence-electron chi connectivity index (χ1n) is 6.92. The van der Waals surface area contributed by atoms with Gasteiger partial charge in [0.25, 0.3) is 3.79 Å². The fourth-order valence-corrected chi connectivity index (χ4v) is 3.26. The predicted octanol–water partition coefficient (Wildman–Crippen LogP) is 6.09. The van der Waals surface area contributed by atoms with Crippen molar-refractivity contribution in [2.75, 3.05) is 6.61 Å². The van der Waals surface area contributed by atoms with Crippen molar-refractivity contribution in [1.29, 1.82) is 5.41 Å². The first-order chi connectivity index (χ1) is 9.88. The van der Waals surface area contributed by atoms with Crippen molar-refractivity contribution < 1.29 is 4.74 Å². The van der Waals surface area contributed by atoms with E-state index in [0.717, 1.165) is 17.3 Å². The van der Waals surface area contributed by atoms with E-state index >= 15 is 0 Å². The molecule has 0 spiro atoms. The van der Waals surface area contributed by atoms with Crippen molar-refractivity contribution in [3.05, 3.63) is 34.3 Å². The molecule has 0 saturated heterocycles. The van der Waals surface area contributed by atoms with Gasteiger partial charge in [0, 0.05) is 4.47 Å². The van der Waals surface area contributed by atoms with Crippen LogP contribution in [0.25, 0.3) is 0 Å². The van der Waals surface area contributed by atoms with Gasteiger partial charge in [-0.3, -0.25) is 5.41 Å². The van der Waals surface area contributed by atoms with Crippen LogP contribution in [-0.2, 0) is 4.74 Å². The Morgan fingerprint density at radius 2 is 1.81 bits per heavy atom. The second-order valence-corrected chi connectivity index (χ2v) is 8.54. The zero-order valence-electron chi connectivity index (χ0n) is 11.4. The fraction of sp³-hybridized carbons (Fsp3) is 0.533. The van der Waals surface area contributed by atoms with Crippen molar-refractivity contribution in [3.63, 3.8) is 0 Å². The molecule has 0 amide bonds. The Hall–Kier alpha value is 0.0400. The maximum atomic E-state index is 7.63. The largest absolute Gasteiger partial charge is 0.478 e. The summed E-state index contributed by atoms with van der Waals surface area (Å²) < 4.78 is 4.70. The van der Waals surface area contributed by atoms with Gasteiger partial charge in [-0.05, 0) is 42.4 Å². The van der Waals surface area contributed by atoms with E-state index < -0.39 is 3.79 Å². The average Bonchev–Trinajstić information content (AvgIpc) is 2.45. The minimum Gasteiger partial charge on any atom is -0.478 e. The predicted molar refractivity (Wildman–Crippen MR) is 92.8 cm³/mol. The molecule has 1 N–H and O–H groups in total. The minimum absolute atomic E-state index is 0.298. The molecule has 2 atom stereocenters. The molecule has 6 heteroatoms. The lowest BCUT2D eigenvalue weighted by Crippen LogP contribution is -2.28. The van der Waals surface area contributed by atoms with Crippen LogP contribution in [0, 0.1) is 11.3 Å². The standard InChI is InChI=1S/C15H17BrCl3NO/c16-12-7-5-10(6-8-12)13-4-2-1-3-11(13)9-21-14(20)15(17,18)19/h5-8,11,13,20H,1-4,9H2. The molecule has 0 aliphatic heterocycles. The van der Waals surface area contributed by atoms with Gasteiger partial charge >= 0.3 is 0 Å². The highest BCUT2D eigenvalue weighted by Crippen LogP contribution is 2.39. The lowest BCUT2D eigenvalue weighted by Gasteiger charge is -2.32. The maximum Gasteiger partial charge on any atom is 0.265 e. The van der Waals surface area contributed by atoms with Crippen LogP contribution in [0.4, 0.5) is 0 Å². The third kappa shape index (κ3) is 5.02. The molecule has 21 heavy (non-hydrogen) atoms. The fourth-order valence-electron chi connectivity index (χ4n) is 2.83. The van der Waals surface area contributed by atoms with Crippen LogP contribution in [0.1, 0.15) is 37.2 Å². The number of hydrogen-bond donors (Lipinski definition) is 1. The Labute approximate surface area is 148 Å². The van der Waals surface area contributed by atoms with Crippen LogP contribution in [-0.4, -0.2) is 16.3 Å². The van der Waals surface area contributed by atoms with E-state index in [1.807, 2.05) is 0 Å². The third-order valence-corrected chi connectivity index (χ3v) is 4.95. The van der Waals surface area contributed by atoms with Crippen molar-refractivity contribution in [3.8, 4) is 0 Å². The second-order valence-electron chi connectivity index (χ2n) is 5.34. The van der Waals surface area contributed by atoms with E-state index in [0.29, 0.717) is 18.4 Å². The third-order valence-electron chi connectivity index (χ3n) is 3.91. The molecule has 0 aromatic heterocycles. The molecule has 0 radical (unpaired) electrons. The van der Waals surface area contributed by atoms with Gasteiger partial charge in [-0.2, -0.15) is 0 Å². The molecule has 0 heterocycles. The van der Waals surface area contributed by atoms with Gasteiger partial charge in [0.2, 0.25) is 5.90 Å². The van der Waals surface area contributed by atoms with Crippen LogP contribution >= 0.6 is 50.7 Å². The summed E-state index contributed by atoms with van der Waals surface area (Å²) in [6, 6.07) is 8.41. The first kappa shape index (κ1) is 17.4. The molecule has 1 fully saturated rings. The Bertz CT molecular complexity index is 487. The van der Waals surface area contributed by atoms with Crippen LogP contribution in [0.2, 0.25) is 0 Å². The van der Waals surface area contributed by atoms with Gasteiger partial charge in [-0.1, -0.05) is 75.7 Å². The number of alkyl halides is 3. The number of benzene rings is 1. The second kappa shape index (κ2) is 7.54. The molecule has 2 rings (SSSR count). The highest BCUT2D eigenvalue weighted by atomic mass is 79.9. The molecule has 1 aliphatic carbocycles. The smallest absolute Gasteiger partial charge is 0.265 e. The van der Waals surface area contributed by atoms with E-state index in [-0.39, 0.29) is 5.90 Å². The zero-order valence-corrected chi connectivity index (χ0v) is 15.3. The quantitative estimate of drug-likeness (QED) is 0.363. The Balaban J connectivity index is 2.02. The Morgan fingerprint density at radius 1 is 1.19 bits per heavy atom. The maximum absolute atomic E-state index is 7.63. The molecule has 1 aromatic carbocycles. The summed E-state index contributed by atoms with van der Waals surface area (Å²) in [4.78, 5) is 0. The van der Waals surface area contributed by atoms with Gasteiger partial charge in [0.1, 0.15) is 0 Å². The summed E-state index contributed by atoms with van der Waals surface area (Å²) in [5, 5.41) is 7.63. The monoisotopic (exact) mass is 411 g/mol. The number of hydrogen-bond acceptors (Lipinski definition) is 2. The molecular formula is C15H17BrCl3NO. The Kier molecular flexibility index (Phi) is 6.25. The summed E-state index contributed by atoms with van der Waals surface area (Å²) in [6.45, 7) is 0.424. The normalized spacial score (nSPS) is 22.9. The number of nitrogens with one attached hydrogen (secondary N) is 1. The van der Waals surface area contributed by atoms with Crippen molar-refractivity contribution in [2.24, 2.45) is 5.92 Å². The lowest BCUT2D eigenvalue weighted by molar-refractivity contribution is 0.174. The van der Waals surface area contributed by atoms with Gasteiger partial charge in [-0.25, -0.2) is 0 Å². The highest BCUT2D eigenvalue weighted by molar-refractivity contribution is 9.10. The molecule has 0 bridgehead atoms. The number of ether oxygens (including phenoxy) is 1. The van der Waals surface area contributed by atoms with Gasteiger partial charge in [0.15, 0.2) is 0 Å². The zero-order chi connectivity index (χ0) is 15.5. The van der Waals surface area contributed by atoms with Crippen LogP contribution in [0.3, 0.4) is 0 Å². The van der Waals surface area contributed by atoms with E-state index in [1.165, 1.54) is 18.4 Å².